The smallest absolute Gasteiger partial charge is 0.274 e. The average molecular weight is 372 g/mol. The number of H-pyrrole nitrogens is 1. The molecule has 0 atom stereocenters. The van der Waals surface area contributed by atoms with E-state index in [1.54, 1.807) is 13.1 Å². The first-order valence-electron chi connectivity index (χ1n) is 7.96. The van der Waals surface area contributed by atoms with Crippen LogP contribution >= 0.6 is 11.6 Å². The minimum Gasteiger partial charge on any atom is -0.288 e. The highest BCUT2D eigenvalue weighted by Crippen LogP contribution is 2.18. The summed E-state index contributed by atoms with van der Waals surface area (Å²) >= 11 is 6.23. The van der Waals surface area contributed by atoms with E-state index in [2.05, 4.69) is 30.8 Å². The number of aryl methyl sites for hydroxylation is 2. The number of aromatic amines is 1. The number of benzene rings is 1. The summed E-state index contributed by atoms with van der Waals surface area (Å²) in [5.41, 5.74) is 6.32. The van der Waals surface area contributed by atoms with Gasteiger partial charge in [-0.25, -0.2) is 5.43 Å². The van der Waals surface area contributed by atoms with E-state index in [9.17, 15) is 4.79 Å². The van der Waals surface area contributed by atoms with Crippen LogP contribution in [0.5, 0.6) is 0 Å². The third-order valence-electron chi connectivity index (χ3n) is 3.94. The molecule has 1 aromatic carbocycles. The lowest BCUT2D eigenvalue weighted by Crippen LogP contribution is -2.15. The van der Waals surface area contributed by atoms with E-state index >= 15 is 0 Å². The maximum Gasteiger partial charge on any atom is 0.274 e. The Balaban J connectivity index is 1.78. The van der Waals surface area contributed by atoms with Crippen LogP contribution in [0.25, 0.3) is 0 Å². The molecule has 2 N–H and O–H groups in total. The molecule has 26 heavy (non-hydrogen) atoms. The summed E-state index contributed by atoms with van der Waals surface area (Å²) in [6, 6.07) is 7.68. The Labute approximate surface area is 154 Å². The molecule has 9 heteroatoms. The van der Waals surface area contributed by atoms with Crippen LogP contribution in [0.1, 0.15) is 28.2 Å². The summed E-state index contributed by atoms with van der Waals surface area (Å²) in [5.74, 6) is 0.176. The highest BCUT2D eigenvalue weighted by Gasteiger charge is 2.11. The van der Waals surface area contributed by atoms with Gasteiger partial charge in [-0.1, -0.05) is 29.8 Å². The van der Waals surface area contributed by atoms with Crippen LogP contribution in [0.15, 0.2) is 34.2 Å². The van der Waals surface area contributed by atoms with Gasteiger partial charge in [-0.05, 0) is 32.4 Å². The largest absolute Gasteiger partial charge is 0.288 e. The predicted octanol–water partition coefficient (Wildman–Crippen LogP) is 2.43. The number of anilines is 1. The van der Waals surface area contributed by atoms with Crippen LogP contribution in [0.2, 0.25) is 5.02 Å². The van der Waals surface area contributed by atoms with Gasteiger partial charge in [-0.2, -0.15) is 10.2 Å². The Morgan fingerprint density at radius 1 is 1.23 bits per heavy atom. The fourth-order valence-corrected chi connectivity index (χ4v) is 2.64. The third-order valence-corrected chi connectivity index (χ3v) is 4.31. The maximum absolute atomic E-state index is 11.5. The molecule has 0 saturated heterocycles. The molecule has 0 fully saturated rings. The molecule has 8 nitrogen and oxygen atoms in total. The van der Waals surface area contributed by atoms with Gasteiger partial charge >= 0.3 is 0 Å². The summed E-state index contributed by atoms with van der Waals surface area (Å²) in [5, 5.41) is 16.9. The van der Waals surface area contributed by atoms with E-state index in [1.807, 2.05) is 42.8 Å². The van der Waals surface area contributed by atoms with Crippen molar-refractivity contribution in [2.45, 2.75) is 27.3 Å². The molecule has 0 aliphatic heterocycles. The van der Waals surface area contributed by atoms with Crippen molar-refractivity contribution in [1.29, 1.82) is 0 Å². The second-order valence-electron chi connectivity index (χ2n) is 5.79. The number of nitrogens with zero attached hydrogens (tertiary/aromatic N) is 5. The standard InChI is InChI=1S/C17H18ClN7O/c1-10-14(8-19-22-17-20-16(26)11(2)21-23-17)12(3)25(24-10)9-13-6-4-5-7-15(13)18/h4-8H,9H2,1-3H3,(H2,20,22,23,26)/b19-8-. The summed E-state index contributed by atoms with van der Waals surface area (Å²) in [4.78, 5) is 14.1. The number of halogens is 1. The van der Waals surface area contributed by atoms with Crippen molar-refractivity contribution in [2.75, 3.05) is 5.43 Å². The number of hydrazone groups is 1. The molecular weight excluding hydrogens is 354 g/mol. The van der Waals surface area contributed by atoms with Crippen LogP contribution in [0.4, 0.5) is 5.95 Å². The van der Waals surface area contributed by atoms with Crippen LogP contribution in [-0.2, 0) is 6.54 Å². The molecule has 3 aromatic rings. The molecule has 134 valence electrons. The molecule has 0 aliphatic rings. The van der Waals surface area contributed by atoms with Crippen molar-refractivity contribution in [3.63, 3.8) is 0 Å². The second kappa shape index (κ2) is 7.49. The molecular formula is C17H18ClN7O. The van der Waals surface area contributed by atoms with Gasteiger partial charge in [-0.3, -0.25) is 14.5 Å². The molecule has 0 amide bonds. The van der Waals surface area contributed by atoms with E-state index in [0.717, 1.165) is 22.5 Å². The monoisotopic (exact) mass is 371 g/mol. The predicted molar refractivity (Wildman–Crippen MR) is 101 cm³/mol. The van der Waals surface area contributed by atoms with Crippen molar-refractivity contribution in [3.8, 4) is 0 Å². The molecule has 0 bridgehead atoms. The van der Waals surface area contributed by atoms with Crippen molar-refractivity contribution < 1.29 is 0 Å². The van der Waals surface area contributed by atoms with Crippen LogP contribution in [-0.4, -0.2) is 31.2 Å². The first-order chi connectivity index (χ1) is 12.5. The first-order valence-corrected chi connectivity index (χ1v) is 8.33. The third kappa shape index (κ3) is 3.80. The molecule has 2 aromatic heterocycles. The molecule has 0 radical (unpaired) electrons. The van der Waals surface area contributed by atoms with Crippen LogP contribution in [0.3, 0.4) is 0 Å². The topological polar surface area (TPSA) is 101 Å². The van der Waals surface area contributed by atoms with E-state index in [4.69, 9.17) is 11.6 Å². The summed E-state index contributed by atoms with van der Waals surface area (Å²) < 4.78 is 1.88. The number of hydrogen-bond donors (Lipinski definition) is 2. The van der Waals surface area contributed by atoms with Crippen molar-refractivity contribution in [3.05, 3.63) is 67.9 Å². The first kappa shape index (κ1) is 17.8. The van der Waals surface area contributed by atoms with Gasteiger partial charge in [0.2, 0.25) is 5.95 Å². The average Bonchev–Trinajstić information content (AvgIpc) is 2.87. The lowest BCUT2D eigenvalue weighted by molar-refractivity contribution is 0.659. The van der Waals surface area contributed by atoms with Crippen molar-refractivity contribution >= 4 is 23.8 Å². The molecule has 0 unspecified atom stereocenters. The molecule has 0 spiro atoms. The van der Waals surface area contributed by atoms with Gasteiger partial charge in [0.25, 0.3) is 5.56 Å². The van der Waals surface area contributed by atoms with Gasteiger partial charge in [0, 0.05) is 16.3 Å². The molecule has 0 aliphatic carbocycles. The Bertz CT molecular complexity index is 1020. The Morgan fingerprint density at radius 3 is 2.73 bits per heavy atom. The lowest BCUT2D eigenvalue weighted by Gasteiger charge is -2.06. The summed E-state index contributed by atoms with van der Waals surface area (Å²) in [7, 11) is 0. The SMILES string of the molecule is Cc1nn(Cc2ccccc2Cl)c(C)c1/C=N\Nc1nnc(C)c(=O)[nH]1. The Kier molecular flexibility index (Phi) is 5.13. The molecule has 3 rings (SSSR count). The van der Waals surface area contributed by atoms with Gasteiger partial charge in [0.15, 0.2) is 0 Å². The number of aromatic nitrogens is 5. The quantitative estimate of drug-likeness (QED) is 0.530. The van der Waals surface area contributed by atoms with E-state index in [1.165, 1.54) is 0 Å². The van der Waals surface area contributed by atoms with Gasteiger partial charge in [-0.15, -0.1) is 10.2 Å². The van der Waals surface area contributed by atoms with Gasteiger partial charge in [0.1, 0.15) is 5.69 Å². The Hall–Kier alpha value is -3.00. The Morgan fingerprint density at radius 2 is 2.00 bits per heavy atom. The van der Waals surface area contributed by atoms with Crippen molar-refractivity contribution in [1.82, 2.24) is 25.0 Å². The maximum atomic E-state index is 11.5. The van der Waals surface area contributed by atoms with Crippen LogP contribution < -0.4 is 11.0 Å². The normalized spacial score (nSPS) is 11.2. The highest BCUT2D eigenvalue weighted by molar-refractivity contribution is 6.31. The van der Waals surface area contributed by atoms with Crippen LogP contribution in [0, 0.1) is 20.8 Å². The van der Waals surface area contributed by atoms with Gasteiger partial charge in [0.05, 0.1) is 18.5 Å². The highest BCUT2D eigenvalue weighted by atomic mass is 35.5. The summed E-state index contributed by atoms with van der Waals surface area (Å²) in [6.07, 6.45) is 1.64. The van der Waals surface area contributed by atoms with E-state index in [0.29, 0.717) is 17.3 Å². The number of rotatable bonds is 5. The number of hydrogen-bond acceptors (Lipinski definition) is 6. The van der Waals surface area contributed by atoms with E-state index < -0.39 is 0 Å². The summed E-state index contributed by atoms with van der Waals surface area (Å²) in [6.45, 7) is 6.03. The zero-order valence-corrected chi connectivity index (χ0v) is 15.4. The molecule has 0 saturated carbocycles. The van der Waals surface area contributed by atoms with E-state index in [-0.39, 0.29) is 11.5 Å². The fraction of sp³-hybridized carbons (Fsp3) is 0.235. The van der Waals surface area contributed by atoms with Crippen molar-refractivity contribution in [2.24, 2.45) is 5.10 Å². The number of nitrogens with one attached hydrogen (secondary N) is 2. The minimum absolute atomic E-state index is 0.176. The zero-order chi connectivity index (χ0) is 18.7. The lowest BCUT2D eigenvalue weighted by atomic mass is 10.2. The second-order valence-corrected chi connectivity index (χ2v) is 6.20. The van der Waals surface area contributed by atoms with Gasteiger partial charge < -0.3 is 0 Å². The zero-order valence-electron chi connectivity index (χ0n) is 14.6. The molecule has 2 heterocycles. The fourth-order valence-electron chi connectivity index (χ4n) is 2.44. The minimum atomic E-state index is -0.308.